The minimum atomic E-state index is 1.08. The van der Waals surface area contributed by atoms with Gasteiger partial charge < -0.3 is 4.90 Å². The first-order valence-electron chi connectivity index (χ1n) is 10.0. The molecule has 0 saturated carbocycles. The monoisotopic (exact) mass is 441 g/mol. The van der Waals surface area contributed by atoms with Crippen molar-refractivity contribution < 1.29 is 0 Å². The van der Waals surface area contributed by atoms with Crippen molar-refractivity contribution in [3.63, 3.8) is 0 Å². The molecule has 0 heterocycles. The predicted octanol–water partition coefficient (Wildman–Crippen LogP) is 8.54. The number of halogens is 1. The number of benzene rings is 4. The van der Waals surface area contributed by atoms with Crippen LogP contribution in [0.15, 0.2) is 108 Å². The Bertz CT molecular complexity index is 1050. The summed E-state index contributed by atoms with van der Waals surface area (Å²) in [5.74, 6) is 0. The molecule has 4 aromatic carbocycles. The number of aryl methyl sites for hydroxylation is 1. The molecule has 2 heteroatoms. The molecule has 0 atom stereocenters. The predicted molar refractivity (Wildman–Crippen MR) is 128 cm³/mol. The second-order valence-corrected chi connectivity index (χ2v) is 8.06. The molecule has 0 unspecified atom stereocenters. The Balaban J connectivity index is 1.79. The van der Waals surface area contributed by atoms with Crippen LogP contribution in [0.3, 0.4) is 0 Å². The van der Waals surface area contributed by atoms with Gasteiger partial charge in [-0.25, -0.2) is 0 Å². The van der Waals surface area contributed by atoms with Crippen molar-refractivity contribution in [2.75, 3.05) is 4.90 Å². The Morgan fingerprint density at radius 2 is 1.24 bits per heavy atom. The molecular weight excluding hydrogens is 418 g/mol. The summed E-state index contributed by atoms with van der Waals surface area (Å²) in [6.07, 6.45) is 2.27. The van der Waals surface area contributed by atoms with Crippen LogP contribution in [0.2, 0.25) is 0 Å². The van der Waals surface area contributed by atoms with Crippen LogP contribution in [0.5, 0.6) is 0 Å². The molecule has 0 aromatic heterocycles. The molecule has 0 aliphatic rings. The van der Waals surface area contributed by atoms with Gasteiger partial charge in [0.05, 0.1) is 0 Å². The van der Waals surface area contributed by atoms with E-state index in [9.17, 15) is 0 Å². The molecule has 0 aliphatic carbocycles. The summed E-state index contributed by atoms with van der Waals surface area (Å²) >= 11 is 3.56. The Hall–Kier alpha value is -2.84. The quantitative estimate of drug-likeness (QED) is 0.289. The molecule has 29 heavy (non-hydrogen) atoms. The zero-order valence-corrected chi connectivity index (χ0v) is 18.1. The third-order valence-electron chi connectivity index (χ3n) is 5.03. The Kier molecular flexibility index (Phi) is 6.12. The van der Waals surface area contributed by atoms with Crippen LogP contribution >= 0.6 is 15.9 Å². The van der Waals surface area contributed by atoms with E-state index < -0.39 is 0 Å². The zero-order chi connectivity index (χ0) is 20.1. The maximum Gasteiger partial charge on any atom is 0.0467 e. The van der Waals surface area contributed by atoms with E-state index in [4.69, 9.17) is 0 Å². The van der Waals surface area contributed by atoms with E-state index in [-0.39, 0.29) is 0 Å². The zero-order valence-electron chi connectivity index (χ0n) is 16.6. The summed E-state index contributed by atoms with van der Waals surface area (Å²) in [4.78, 5) is 2.31. The van der Waals surface area contributed by atoms with Gasteiger partial charge in [-0.3, -0.25) is 0 Å². The molecule has 0 radical (unpaired) electrons. The minimum Gasteiger partial charge on any atom is -0.310 e. The first-order chi connectivity index (χ1) is 14.2. The molecule has 144 valence electrons. The Morgan fingerprint density at radius 3 is 1.90 bits per heavy atom. The van der Waals surface area contributed by atoms with E-state index >= 15 is 0 Å². The van der Waals surface area contributed by atoms with E-state index in [1.54, 1.807) is 0 Å². The topological polar surface area (TPSA) is 3.24 Å². The number of anilines is 3. The molecular formula is C27H24BrN. The maximum absolute atomic E-state index is 3.56. The molecule has 4 aromatic rings. The molecule has 0 bridgehead atoms. The second-order valence-electron chi connectivity index (χ2n) is 7.14. The molecule has 0 aliphatic heterocycles. The van der Waals surface area contributed by atoms with E-state index in [1.807, 2.05) is 0 Å². The van der Waals surface area contributed by atoms with Crippen LogP contribution < -0.4 is 4.90 Å². The van der Waals surface area contributed by atoms with Crippen molar-refractivity contribution in [3.05, 3.63) is 113 Å². The average molecular weight is 442 g/mol. The third-order valence-corrected chi connectivity index (χ3v) is 5.56. The highest BCUT2D eigenvalue weighted by Crippen LogP contribution is 2.37. The van der Waals surface area contributed by atoms with Crippen molar-refractivity contribution in [2.45, 2.75) is 19.8 Å². The highest BCUT2D eigenvalue weighted by Gasteiger charge is 2.13. The maximum atomic E-state index is 3.56. The molecule has 0 saturated heterocycles. The van der Waals surface area contributed by atoms with Crippen molar-refractivity contribution in [1.82, 2.24) is 0 Å². The smallest absolute Gasteiger partial charge is 0.0467 e. The normalized spacial score (nSPS) is 10.7. The summed E-state index contributed by atoms with van der Waals surface area (Å²) in [5, 5.41) is 0. The third kappa shape index (κ3) is 4.60. The standard InChI is InChI=1S/C27H24BrN/c1-2-7-21-12-16-25(17-13-21)29(26-18-14-24(28)15-19-26)27-11-6-10-23(20-27)22-8-4-3-5-9-22/h3-6,8-20H,2,7H2,1H3. The summed E-state index contributed by atoms with van der Waals surface area (Å²) in [7, 11) is 0. The summed E-state index contributed by atoms with van der Waals surface area (Å²) in [6, 6.07) is 36.7. The Morgan fingerprint density at radius 1 is 0.621 bits per heavy atom. The lowest BCUT2D eigenvalue weighted by atomic mass is 10.0. The van der Waals surface area contributed by atoms with Crippen molar-refractivity contribution >= 4 is 33.0 Å². The van der Waals surface area contributed by atoms with Gasteiger partial charge in [-0.1, -0.05) is 83.9 Å². The fourth-order valence-corrected chi connectivity index (χ4v) is 3.86. The van der Waals surface area contributed by atoms with Crippen molar-refractivity contribution in [2.24, 2.45) is 0 Å². The van der Waals surface area contributed by atoms with Crippen molar-refractivity contribution in [3.8, 4) is 11.1 Å². The van der Waals surface area contributed by atoms with Gasteiger partial charge in [0.2, 0.25) is 0 Å². The van der Waals surface area contributed by atoms with Gasteiger partial charge in [-0.2, -0.15) is 0 Å². The lowest BCUT2D eigenvalue weighted by molar-refractivity contribution is 0.922. The average Bonchev–Trinajstić information content (AvgIpc) is 2.78. The SMILES string of the molecule is CCCc1ccc(N(c2ccc(Br)cc2)c2cccc(-c3ccccc3)c2)cc1. The van der Waals surface area contributed by atoms with Gasteiger partial charge in [0, 0.05) is 21.5 Å². The van der Waals surface area contributed by atoms with Gasteiger partial charge in [0.15, 0.2) is 0 Å². The number of nitrogens with zero attached hydrogens (tertiary/aromatic N) is 1. The Labute approximate surface area is 181 Å². The van der Waals surface area contributed by atoms with E-state index in [1.165, 1.54) is 16.7 Å². The first kappa shape index (κ1) is 19.5. The minimum absolute atomic E-state index is 1.08. The van der Waals surface area contributed by atoms with Gasteiger partial charge in [-0.15, -0.1) is 0 Å². The van der Waals surface area contributed by atoms with Gasteiger partial charge in [0.1, 0.15) is 0 Å². The highest BCUT2D eigenvalue weighted by molar-refractivity contribution is 9.10. The van der Waals surface area contributed by atoms with Gasteiger partial charge in [-0.05, 0) is 71.6 Å². The molecule has 0 fully saturated rings. The van der Waals surface area contributed by atoms with Crippen LogP contribution in [-0.4, -0.2) is 0 Å². The molecule has 0 spiro atoms. The summed E-state index contributed by atoms with van der Waals surface area (Å²) < 4.78 is 1.08. The second kappa shape index (κ2) is 9.11. The van der Waals surface area contributed by atoms with E-state index in [2.05, 4.69) is 131 Å². The highest BCUT2D eigenvalue weighted by atomic mass is 79.9. The van der Waals surface area contributed by atoms with E-state index in [0.29, 0.717) is 0 Å². The number of hydrogen-bond acceptors (Lipinski definition) is 1. The van der Waals surface area contributed by atoms with E-state index in [0.717, 1.165) is 34.4 Å². The largest absolute Gasteiger partial charge is 0.310 e. The number of rotatable bonds is 6. The molecule has 0 amide bonds. The van der Waals surface area contributed by atoms with Crippen molar-refractivity contribution in [1.29, 1.82) is 0 Å². The fourth-order valence-electron chi connectivity index (χ4n) is 3.59. The molecule has 0 N–H and O–H groups in total. The number of hydrogen-bond donors (Lipinski definition) is 0. The van der Waals surface area contributed by atoms with Crippen LogP contribution in [0.1, 0.15) is 18.9 Å². The van der Waals surface area contributed by atoms with Crippen LogP contribution in [0, 0.1) is 0 Å². The fraction of sp³-hybridized carbons (Fsp3) is 0.111. The first-order valence-corrected chi connectivity index (χ1v) is 10.8. The summed E-state index contributed by atoms with van der Waals surface area (Å²) in [6.45, 7) is 2.22. The molecule has 4 rings (SSSR count). The van der Waals surface area contributed by atoms with Gasteiger partial charge >= 0.3 is 0 Å². The van der Waals surface area contributed by atoms with Crippen LogP contribution in [0.25, 0.3) is 11.1 Å². The van der Waals surface area contributed by atoms with Crippen LogP contribution in [-0.2, 0) is 6.42 Å². The lowest BCUT2D eigenvalue weighted by Gasteiger charge is -2.26. The lowest BCUT2D eigenvalue weighted by Crippen LogP contribution is -2.10. The van der Waals surface area contributed by atoms with Crippen LogP contribution in [0.4, 0.5) is 17.1 Å². The molecule has 1 nitrogen and oxygen atoms in total. The summed E-state index contributed by atoms with van der Waals surface area (Å²) in [5.41, 5.74) is 7.28. The van der Waals surface area contributed by atoms with Gasteiger partial charge in [0.25, 0.3) is 0 Å².